The summed E-state index contributed by atoms with van der Waals surface area (Å²) in [5, 5.41) is 4.91. The highest BCUT2D eigenvalue weighted by atomic mass is 32.2. The Hall–Kier alpha value is -2.70. The Bertz CT molecular complexity index is 1490. The number of anilines is 1. The molecule has 0 atom stereocenters. The monoisotopic (exact) mass is 549 g/mol. The van der Waals surface area contributed by atoms with Crippen molar-refractivity contribution in [3.63, 3.8) is 0 Å². The third kappa shape index (κ3) is 4.56. The van der Waals surface area contributed by atoms with Crippen LogP contribution in [0.2, 0.25) is 0 Å². The Morgan fingerprint density at radius 2 is 1.82 bits per heavy atom. The molecule has 5 heterocycles. The normalized spacial score (nSPS) is 21.0. The summed E-state index contributed by atoms with van der Waals surface area (Å²) < 4.78 is 71.7. The molecule has 0 N–H and O–H groups in total. The lowest BCUT2D eigenvalue weighted by Crippen LogP contribution is -2.67. The number of rotatable bonds is 5. The number of aromatic nitrogens is 3. The molecule has 204 valence electrons. The summed E-state index contributed by atoms with van der Waals surface area (Å²) in [4.78, 5) is 9.22. The molecule has 8 nitrogen and oxygen atoms in total. The van der Waals surface area contributed by atoms with Gasteiger partial charge in [0.05, 0.1) is 41.7 Å². The lowest BCUT2D eigenvalue weighted by Gasteiger charge is -2.54. The van der Waals surface area contributed by atoms with E-state index in [0.29, 0.717) is 57.1 Å². The van der Waals surface area contributed by atoms with Crippen LogP contribution in [0.5, 0.6) is 0 Å². The number of imidazole rings is 1. The summed E-state index contributed by atoms with van der Waals surface area (Å²) in [5.74, 6) is 1.23. The molecule has 0 radical (unpaired) electrons. The quantitative estimate of drug-likeness (QED) is 0.484. The Morgan fingerprint density at radius 1 is 1.11 bits per heavy atom. The van der Waals surface area contributed by atoms with Gasteiger partial charge in [0.25, 0.3) is 0 Å². The number of likely N-dealkylation sites (tertiary alicyclic amines) is 1. The molecule has 1 spiro atoms. The van der Waals surface area contributed by atoms with Gasteiger partial charge in [0, 0.05) is 44.6 Å². The minimum Gasteiger partial charge on any atom is -0.378 e. The highest BCUT2D eigenvalue weighted by Gasteiger charge is 2.55. The minimum absolute atomic E-state index is 0.159. The highest BCUT2D eigenvalue weighted by Crippen LogP contribution is 2.42. The number of sulfone groups is 1. The zero-order valence-corrected chi connectivity index (χ0v) is 22.2. The number of aryl methyl sites for hydroxylation is 1. The number of morpholine rings is 1. The van der Waals surface area contributed by atoms with Crippen molar-refractivity contribution in [3.05, 3.63) is 57.9 Å². The number of hydrogen-bond donors (Lipinski definition) is 0. The molecule has 2 aromatic heterocycles. The van der Waals surface area contributed by atoms with Gasteiger partial charge in [0.1, 0.15) is 5.82 Å². The number of ether oxygens (including phenoxy) is 1. The van der Waals surface area contributed by atoms with Crippen LogP contribution in [0.25, 0.3) is 5.65 Å². The van der Waals surface area contributed by atoms with Crippen LogP contribution in [0.3, 0.4) is 0 Å². The number of nitrogens with zero attached hydrogens (tertiary/aromatic N) is 5. The Labute approximate surface area is 219 Å². The van der Waals surface area contributed by atoms with Crippen LogP contribution in [-0.2, 0) is 33.7 Å². The van der Waals surface area contributed by atoms with Crippen molar-refractivity contribution in [2.75, 3.05) is 55.8 Å². The van der Waals surface area contributed by atoms with Crippen molar-refractivity contribution in [1.82, 2.24) is 19.5 Å². The first-order valence-corrected chi connectivity index (χ1v) is 14.5. The van der Waals surface area contributed by atoms with E-state index in [4.69, 9.17) is 14.8 Å². The van der Waals surface area contributed by atoms with E-state index in [9.17, 15) is 21.6 Å². The van der Waals surface area contributed by atoms with E-state index in [1.165, 1.54) is 13.0 Å². The molecule has 3 saturated heterocycles. The topological polar surface area (TPSA) is 80.0 Å². The largest absolute Gasteiger partial charge is 0.416 e. The molecule has 0 aliphatic carbocycles. The molecule has 3 fully saturated rings. The second-order valence-electron chi connectivity index (χ2n) is 11.0. The molecule has 6 rings (SSSR count). The summed E-state index contributed by atoms with van der Waals surface area (Å²) in [6.45, 7) is 7.95. The van der Waals surface area contributed by atoms with Crippen LogP contribution in [0, 0.1) is 19.3 Å². The first-order valence-electron chi connectivity index (χ1n) is 12.7. The van der Waals surface area contributed by atoms with Crippen molar-refractivity contribution >= 4 is 21.3 Å². The fourth-order valence-electron chi connectivity index (χ4n) is 6.15. The molecule has 3 aliphatic rings. The average Bonchev–Trinajstić information content (AvgIpc) is 3.15. The Balaban J connectivity index is 1.38. The third-order valence-electron chi connectivity index (χ3n) is 7.92. The summed E-state index contributed by atoms with van der Waals surface area (Å²) in [6, 6.07) is 6.28. The third-order valence-corrected chi connectivity index (χ3v) is 10.0. The van der Waals surface area contributed by atoms with Crippen LogP contribution >= 0.6 is 0 Å². The van der Waals surface area contributed by atoms with Gasteiger partial charge >= 0.3 is 6.18 Å². The molecular weight excluding hydrogens is 519 g/mol. The molecular formula is C26H30F3N5O3S. The van der Waals surface area contributed by atoms with E-state index in [0.717, 1.165) is 28.8 Å². The highest BCUT2D eigenvalue weighted by molar-refractivity contribution is 7.92. The van der Waals surface area contributed by atoms with Crippen LogP contribution in [0.4, 0.5) is 19.0 Å². The van der Waals surface area contributed by atoms with Crippen molar-refractivity contribution in [2.45, 2.75) is 33.0 Å². The molecule has 0 unspecified atom stereocenters. The fraction of sp³-hybridized carbons (Fsp3) is 0.538. The summed E-state index contributed by atoms with van der Waals surface area (Å²) in [6.07, 6.45) is -4.19. The molecule has 1 aromatic carbocycles. The van der Waals surface area contributed by atoms with E-state index in [2.05, 4.69) is 9.80 Å². The SMILES string of the molecule is Cc1c(Cc2c(CN3CC4(C3)CS(=O)(=O)C4)nc3c(C)cc(N4CCOCC4)nn23)cccc1C(F)(F)F. The predicted octanol–water partition coefficient (Wildman–Crippen LogP) is 3.02. The van der Waals surface area contributed by atoms with Crippen LogP contribution in [-0.4, -0.2) is 78.8 Å². The van der Waals surface area contributed by atoms with Gasteiger partial charge in [-0.05, 0) is 42.7 Å². The molecule has 0 bridgehead atoms. The zero-order chi connectivity index (χ0) is 26.9. The molecule has 3 aromatic rings. The van der Waals surface area contributed by atoms with Gasteiger partial charge in [-0.25, -0.2) is 17.9 Å². The van der Waals surface area contributed by atoms with Gasteiger partial charge in [-0.15, -0.1) is 5.10 Å². The maximum atomic E-state index is 13.6. The smallest absolute Gasteiger partial charge is 0.378 e. The standard InChI is InChI=1S/C26H30F3N5O3S/c1-17-10-23(33-6-8-37-9-7-33)31-34-22(11-19-4-3-5-20(18(19)2)26(27,28)29)21(30-24(17)34)12-32-13-25(14-32)15-38(35,36)16-25/h3-5,10H,6-9,11-16H2,1-2H3. The fourth-order valence-corrected chi connectivity index (χ4v) is 8.30. The first-order chi connectivity index (χ1) is 17.9. The first kappa shape index (κ1) is 25.6. The molecule has 0 amide bonds. The number of halogens is 3. The van der Waals surface area contributed by atoms with Crippen molar-refractivity contribution in [1.29, 1.82) is 0 Å². The van der Waals surface area contributed by atoms with E-state index >= 15 is 0 Å². The summed E-state index contributed by atoms with van der Waals surface area (Å²) in [7, 11) is -2.92. The maximum Gasteiger partial charge on any atom is 0.416 e. The lowest BCUT2D eigenvalue weighted by atomic mass is 9.83. The Morgan fingerprint density at radius 3 is 2.47 bits per heavy atom. The van der Waals surface area contributed by atoms with Gasteiger partial charge in [0.2, 0.25) is 0 Å². The van der Waals surface area contributed by atoms with E-state index in [1.54, 1.807) is 10.6 Å². The second-order valence-corrected chi connectivity index (χ2v) is 13.0. The van der Waals surface area contributed by atoms with Gasteiger partial charge in [-0.2, -0.15) is 13.2 Å². The molecule has 12 heteroatoms. The number of benzene rings is 1. The number of alkyl halides is 3. The lowest BCUT2D eigenvalue weighted by molar-refractivity contribution is -0.138. The molecule has 0 saturated carbocycles. The van der Waals surface area contributed by atoms with E-state index in [1.807, 2.05) is 13.0 Å². The average molecular weight is 550 g/mol. The minimum atomic E-state index is -4.43. The van der Waals surface area contributed by atoms with Crippen LogP contribution in [0.15, 0.2) is 24.3 Å². The van der Waals surface area contributed by atoms with Crippen LogP contribution in [0.1, 0.15) is 33.6 Å². The number of fused-ring (bicyclic) bond motifs is 1. The van der Waals surface area contributed by atoms with Gasteiger partial charge < -0.3 is 9.64 Å². The van der Waals surface area contributed by atoms with Gasteiger partial charge in [0.15, 0.2) is 15.5 Å². The second kappa shape index (κ2) is 8.92. The summed E-state index contributed by atoms with van der Waals surface area (Å²) in [5.41, 5.74) is 3.09. The van der Waals surface area contributed by atoms with Crippen LogP contribution < -0.4 is 4.90 Å². The summed E-state index contributed by atoms with van der Waals surface area (Å²) >= 11 is 0. The maximum absolute atomic E-state index is 13.6. The van der Waals surface area contributed by atoms with Gasteiger partial charge in [-0.1, -0.05) is 12.1 Å². The number of hydrogen-bond acceptors (Lipinski definition) is 7. The van der Waals surface area contributed by atoms with E-state index in [-0.39, 0.29) is 28.9 Å². The Kier molecular flexibility index (Phi) is 6.00. The van der Waals surface area contributed by atoms with Crippen molar-refractivity contribution in [2.24, 2.45) is 5.41 Å². The predicted molar refractivity (Wildman–Crippen MR) is 136 cm³/mol. The zero-order valence-electron chi connectivity index (χ0n) is 21.4. The van der Waals surface area contributed by atoms with Gasteiger partial charge in [-0.3, -0.25) is 4.90 Å². The molecule has 3 aliphatic heterocycles. The van der Waals surface area contributed by atoms with Crippen molar-refractivity contribution in [3.8, 4) is 0 Å². The molecule has 38 heavy (non-hydrogen) atoms. The van der Waals surface area contributed by atoms with E-state index < -0.39 is 21.6 Å². The van der Waals surface area contributed by atoms with Crippen molar-refractivity contribution < 1.29 is 26.3 Å².